The van der Waals surface area contributed by atoms with Crippen LogP contribution >= 0.6 is 0 Å². The van der Waals surface area contributed by atoms with Gasteiger partial charge in [-0.25, -0.2) is 0 Å². The molecule has 1 heterocycles. The van der Waals surface area contributed by atoms with Gasteiger partial charge in [0.05, 0.1) is 12.1 Å². The van der Waals surface area contributed by atoms with E-state index in [0.29, 0.717) is 16.8 Å². The number of carbonyl (C=O) groups excluding carboxylic acids is 2. The monoisotopic (exact) mass is 359 g/mol. The third kappa shape index (κ3) is 2.73. The number of ketones is 1. The lowest BCUT2D eigenvalue weighted by Gasteiger charge is -2.25. The Kier molecular flexibility index (Phi) is 4.08. The van der Waals surface area contributed by atoms with Crippen LogP contribution in [0.15, 0.2) is 66.7 Å². The second-order valence-electron chi connectivity index (χ2n) is 7.31. The third-order valence-electron chi connectivity index (χ3n) is 5.19. The number of hydrogen-bond acceptors (Lipinski definition) is 3. The molecule has 0 radical (unpaired) electrons. The average molecular weight is 359 g/mol. The van der Waals surface area contributed by atoms with E-state index in [0.717, 1.165) is 10.8 Å². The van der Waals surface area contributed by atoms with Crippen LogP contribution in [0.4, 0.5) is 5.69 Å². The van der Waals surface area contributed by atoms with Crippen LogP contribution in [0.25, 0.3) is 10.8 Å². The minimum atomic E-state index is -1.83. The van der Waals surface area contributed by atoms with Gasteiger partial charge in [-0.05, 0) is 36.8 Å². The minimum absolute atomic E-state index is 0.108. The van der Waals surface area contributed by atoms with Crippen molar-refractivity contribution in [1.29, 1.82) is 0 Å². The zero-order chi connectivity index (χ0) is 19.2. The molecule has 4 rings (SSSR count). The molecule has 136 valence electrons. The van der Waals surface area contributed by atoms with E-state index in [1.165, 1.54) is 0 Å². The quantitative estimate of drug-likeness (QED) is 0.715. The Morgan fingerprint density at radius 2 is 1.67 bits per heavy atom. The SMILES string of the molecule is CC(C)N1C(=O)[C@@](O)(CC(=O)c2ccc3ccccc3c2)c2ccccc21. The van der Waals surface area contributed by atoms with Crippen molar-refractivity contribution in [3.8, 4) is 0 Å². The van der Waals surface area contributed by atoms with Crippen LogP contribution in [0.3, 0.4) is 0 Å². The summed E-state index contributed by atoms with van der Waals surface area (Å²) in [4.78, 5) is 27.6. The maximum Gasteiger partial charge on any atom is 0.264 e. The van der Waals surface area contributed by atoms with Crippen LogP contribution in [-0.2, 0) is 10.4 Å². The highest BCUT2D eigenvalue weighted by molar-refractivity contribution is 6.11. The number of hydrogen-bond donors (Lipinski definition) is 1. The molecule has 0 bridgehead atoms. The van der Waals surface area contributed by atoms with Crippen LogP contribution in [0.1, 0.15) is 36.2 Å². The van der Waals surface area contributed by atoms with Crippen molar-refractivity contribution < 1.29 is 14.7 Å². The fourth-order valence-electron chi connectivity index (χ4n) is 3.84. The first-order chi connectivity index (χ1) is 12.9. The predicted octanol–water partition coefficient (Wildman–Crippen LogP) is 4.06. The zero-order valence-corrected chi connectivity index (χ0v) is 15.3. The molecule has 1 aliphatic heterocycles. The molecule has 3 aromatic carbocycles. The number of Topliss-reactive ketones (excluding diaryl/α,β-unsaturated/α-hetero) is 1. The van der Waals surface area contributed by atoms with Gasteiger partial charge in [-0.1, -0.05) is 54.6 Å². The Morgan fingerprint density at radius 1 is 1.00 bits per heavy atom. The number of benzene rings is 3. The smallest absolute Gasteiger partial charge is 0.264 e. The summed E-state index contributed by atoms with van der Waals surface area (Å²) in [5, 5.41) is 13.3. The van der Waals surface area contributed by atoms with Crippen molar-refractivity contribution in [2.45, 2.75) is 31.9 Å². The van der Waals surface area contributed by atoms with E-state index in [-0.39, 0.29) is 18.2 Å². The van der Waals surface area contributed by atoms with E-state index >= 15 is 0 Å². The van der Waals surface area contributed by atoms with Crippen molar-refractivity contribution in [2.24, 2.45) is 0 Å². The van der Waals surface area contributed by atoms with E-state index in [4.69, 9.17) is 0 Å². The molecule has 1 amide bonds. The van der Waals surface area contributed by atoms with Crippen LogP contribution in [-0.4, -0.2) is 22.8 Å². The van der Waals surface area contributed by atoms with Crippen LogP contribution in [0.5, 0.6) is 0 Å². The highest BCUT2D eigenvalue weighted by atomic mass is 16.3. The first-order valence-corrected chi connectivity index (χ1v) is 9.09. The summed E-state index contributed by atoms with van der Waals surface area (Å²) in [7, 11) is 0. The van der Waals surface area contributed by atoms with Crippen molar-refractivity contribution >= 4 is 28.2 Å². The van der Waals surface area contributed by atoms with Crippen LogP contribution in [0.2, 0.25) is 0 Å². The van der Waals surface area contributed by atoms with Gasteiger partial charge in [-0.3, -0.25) is 9.59 Å². The van der Waals surface area contributed by atoms with E-state index < -0.39 is 11.5 Å². The summed E-state index contributed by atoms with van der Waals surface area (Å²) in [5.41, 5.74) is -0.164. The van der Waals surface area contributed by atoms with Gasteiger partial charge in [-0.15, -0.1) is 0 Å². The average Bonchev–Trinajstić information content (AvgIpc) is 2.89. The summed E-state index contributed by atoms with van der Waals surface area (Å²) in [6, 6.07) is 20.3. The van der Waals surface area contributed by atoms with Gasteiger partial charge in [0.1, 0.15) is 0 Å². The molecule has 0 saturated heterocycles. The highest BCUT2D eigenvalue weighted by Crippen LogP contribution is 2.43. The third-order valence-corrected chi connectivity index (χ3v) is 5.19. The lowest BCUT2D eigenvalue weighted by atomic mass is 9.87. The van der Waals surface area contributed by atoms with Crippen molar-refractivity contribution in [3.63, 3.8) is 0 Å². The summed E-state index contributed by atoms with van der Waals surface area (Å²) < 4.78 is 0. The molecule has 4 nitrogen and oxygen atoms in total. The second-order valence-corrected chi connectivity index (χ2v) is 7.31. The number of anilines is 1. The molecule has 0 unspecified atom stereocenters. The van der Waals surface area contributed by atoms with Crippen molar-refractivity contribution in [1.82, 2.24) is 0 Å². The van der Waals surface area contributed by atoms with Gasteiger partial charge in [0, 0.05) is 17.2 Å². The molecular formula is C23H21NO3. The number of para-hydroxylation sites is 1. The lowest BCUT2D eigenvalue weighted by Crippen LogP contribution is -2.44. The Labute approximate surface area is 158 Å². The number of fused-ring (bicyclic) bond motifs is 2. The Balaban J connectivity index is 1.72. The van der Waals surface area contributed by atoms with Gasteiger partial charge < -0.3 is 10.0 Å². The minimum Gasteiger partial charge on any atom is -0.375 e. The molecule has 27 heavy (non-hydrogen) atoms. The lowest BCUT2D eigenvalue weighted by molar-refractivity contribution is -0.136. The topological polar surface area (TPSA) is 57.6 Å². The number of aliphatic hydroxyl groups is 1. The van der Waals surface area contributed by atoms with E-state index in [1.807, 2.05) is 62.4 Å². The molecule has 0 saturated carbocycles. The standard InChI is InChI=1S/C23H21NO3/c1-15(2)24-20-10-6-5-9-19(20)23(27,22(24)26)14-21(25)18-12-11-16-7-3-4-8-17(16)13-18/h3-13,15,27H,14H2,1-2H3/t23-/m1/s1. The second kappa shape index (κ2) is 6.32. The summed E-state index contributed by atoms with van der Waals surface area (Å²) >= 11 is 0. The fraction of sp³-hybridized carbons (Fsp3) is 0.217. The molecule has 0 aromatic heterocycles. The highest BCUT2D eigenvalue weighted by Gasteiger charge is 2.51. The summed E-state index contributed by atoms with van der Waals surface area (Å²) in [5.74, 6) is -0.690. The van der Waals surface area contributed by atoms with Gasteiger partial charge in [0.25, 0.3) is 5.91 Å². The molecule has 0 aliphatic carbocycles. The van der Waals surface area contributed by atoms with Crippen molar-refractivity contribution in [2.75, 3.05) is 4.90 Å². The molecule has 0 spiro atoms. The van der Waals surface area contributed by atoms with Gasteiger partial charge >= 0.3 is 0 Å². The normalized spacial score (nSPS) is 19.0. The molecule has 1 N–H and O–H groups in total. The van der Waals surface area contributed by atoms with Crippen LogP contribution < -0.4 is 4.90 Å². The number of carbonyl (C=O) groups is 2. The molecule has 1 atom stereocenters. The summed E-state index contributed by atoms with van der Waals surface area (Å²) in [6.45, 7) is 3.79. The molecular weight excluding hydrogens is 338 g/mol. The maximum atomic E-state index is 13.0. The largest absolute Gasteiger partial charge is 0.375 e. The Bertz CT molecular complexity index is 1060. The Hall–Kier alpha value is -2.98. The predicted molar refractivity (Wildman–Crippen MR) is 106 cm³/mol. The first kappa shape index (κ1) is 17.4. The van der Waals surface area contributed by atoms with E-state index in [1.54, 1.807) is 23.1 Å². The van der Waals surface area contributed by atoms with E-state index in [9.17, 15) is 14.7 Å². The Morgan fingerprint density at radius 3 is 2.41 bits per heavy atom. The summed E-state index contributed by atoms with van der Waals surface area (Å²) in [6.07, 6.45) is -0.273. The number of rotatable bonds is 4. The van der Waals surface area contributed by atoms with Crippen LogP contribution in [0, 0.1) is 0 Å². The zero-order valence-electron chi connectivity index (χ0n) is 15.3. The molecule has 4 heteroatoms. The maximum absolute atomic E-state index is 13.0. The fourth-order valence-corrected chi connectivity index (χ4v) is 3.84. The van der Waals surface area contributed by atoms with Gasteiger partial charge in [0.2, 0.25) is 0 Å². The number of nitrogens with zero attached hydrogens (tertiary/aromatic N) is 1. The molecule has 1 aliphatic rings. The molecule has 0 fully saturated rings. The van der Waals surface area contributed by atoms with E-state index in [2.05, 4.69) is 0 Å². The molecule has 3 aromatic rings. The van der Waals surface area contributed by atoms with Gasteiger partial charge in [0.15, 0.2) is 11.4 Å². The first-order valence-electron chi connectivity index (χ1n) is 9.09. The number of amides is 1. The van der Waals surface area contributed by atoms with Gasteiger partial charge in [-0.2, -0.15) is 0 Å². The van der Waals surface area contributed by atoms with Crippen molar-refractivity contribution in [3.05, 3.63) is 77.9 Å².